The number of amides is 1. The Bertz CT molecular complexity index is 1200. The molecule has 0 spiro atoms. The van der Waals surface area contributed by atoms with Crippen molar-refractivity contribution in [3.05, 3.63) is 83.9 Å². The molecule has 196 valence electrons. The minimum absolute atomic E-state index is 0.287. The molecule has 0 unspecified atom stereocenters. The van der Waals surface area contributed by atoms with Crippen molar-refractivity contribution in [1.29, 1.82) is 0 Å². The molecule has 0 aromatic heterocycles. The molecule has 3 aromatic carbocycles. The summed E-state index contributed by atoms with van der Waals surface area (Å²) in [4.78, 5) is 13.4. The zero-order valence-corrected chi connectivity index (χ0v) is 21.4. The van der Waals surface area contributed by atoms with Crippen LogP contribution in [0.5, 0.6) is 11.5 Å². The van der Waals surface area contributed by atoms with Gasteiger partial charge < -0.3 is 34.5 Å². The highest BCUT2D eigenvalue weighted by molar-refractivity contribution is 6.01. The summed E-state index contributed by atoms with van der Waals surface area (Å²) in [7, 11) is 3.05. The minimum atomic E-state index is -1.35. The summed E-state index contributed by atoms with van der Waals surface area (Å²) in [5, 5.41) is 24.2. The number of ether oxygens (including phenoxy) is 4. The van der Waals surface area contributed by atoms with Crippen molar-refractivity contribution in [2.45, 2.75) is 50.6 Å². The van der Waals surface area contributed by atoms with Crippen molar-refractivity contribution in [2.24, 2.45) is 0 Å². The number of hydrogen-bond donors (Lipinski definition) is 3. The Kier molecular flexibility index (Phi) is 8.14. The fraction of sp³-hybridized carbons (Fsp3) is 0.345. The highest BCUT2D eigenvalue weighted by atomic mass is 16.7. The molecule has 0 bridgehead atoms. The van der Waals surface area contributed by atoms with E-state index in [9.17, 15) is 15.0 Å². The van der Waals surface area contributed by atoms with E-state index in [1.165, 1.54) is 7.11 Å². The van der Waals surface area contributed by atoms with E-state index in [-0.39, 0.29) is 5.91 Å². The van der Waals surface area contributed by atoms with Crippen LogP contribution in [0.4, 0.5) is 0 Å². The maximum atomic E-state index is 13.4. The summed E-state index contributed by atoms with van der Waals surface area (Å²) in [6.45, 7) is 3.86. The number of carbonyl (C=O) groups is 1. The molecule has 1 amide bonds. The predicted molar refractivity (Wildman–Crippen MR) is 138 cm³/mol. The van der Waals surface area contributed by atoms with Gasteiger partial charge in [0.05, 0.1) is 18.3 Å². The molecule has 1 fully saturated rings. The first-order valence-electron chi connectivity index (χ1n) is 12.1. The van der Waals surface area contributed by atoms with Crippen LogP contribution < -0.4 is 14.8 Å². The Morgan fingerprint density at radius 3 is 2.27 bits per heavy atom. The molecule has 1 saturated heterocycles. The fourth-order valence-electron chi connectivity index (χ4n) is 4.52. The Balaban J connectivity index is 1.63. The number of carbonyl (C=O) groups excluding carboxylic acids is 1. The van der Waals surface area contributed by atoms with Crippen LogP contribution in [0.1, 0.15) is 29.8 Å². The first-order valence-corrected chi connectivity index (χ1v) is 12.1. The van der Waals surface area contributed by atoms with E-state index in [1.807, 2.05) is 54.6 Å². The lowest BCUT2D eigenvalue weighted by Gasteiger charge is -2.46. The standard InChI is InChI=1S/C29H33NO7/c1-29(2)26(35-4)24(31)25(32)28(37-29)36-21-14-15-22(19-10-12-20(34-3)13-11-19)23(16-21)27(33)30-17-18-8-6-5-7-9-18/h5-16,24-26,28,31-32H,17H2,1-4H3,(H,30,33)/t24-,25+,26+,28+/m0/s1. The SMILES string of the molecule is COc1ccc(-c2ccc(O[C@@H]3OC(C)(C)[C@H](OC)[C@@H](O)[C@H]3O)cc2C(=O)NCc2ccccc2)cc1. The smallest absolute Gasteiger partial charge is 0.252 e. The van der Waals surface area contributed by atoms with Gasteiger partial charge >= 0.3 is 0 Å². The van der Waals surface area contributed by atoms with Crippen molar-refractivity contribution < 1.29 is 34.0 Å². The molecule has 8 heteroatoms. The van der Waals surface area contributed by atoms with E-state index >= 15 is 0 Å². The number of aliphatic hydroxyl groups excluding tert-OH is 2. The van der Waals surface area contributed by atoms with Gasteiger partial charge in [-0.05, 0) is 60.9 Å². The van der Waals surface area contributed by atoms with Crippen LogP contribution in [-0.2, 0) is 16.0 Å². The molecule has 37 heavy (non-hydrogen) atoms. The van der Waals surface area contributed by atoms with E-state index in [0.29, 0.717) is 29.2 Å². The Morgan fingerprint density at radius 2 is 1.62 bits per heavy atom. The van der Waals surface area contributed by atoms with Crippen LogP contribution in [0.25, 0.3) is 11.1 Å². The van der Waals surface area contributed by atoms with Gasteiger partial charge in [0.15, 0.2) is 0 Å². The second-order valence-corrected chi connectivity index (χ2v) is 9.45. The van der Waals surface area contributed by atoms with Crippen molar-refractivity contribution in [1.82, 2.24) is 5.32 Å². The second-order valence-electron chi connectivity index (χ2n) is 9.45. The average Bonchev–Trinajstić information content (AvgIpc) is 2.91. The van der Waals surface area contributed by atoms with Crippen LogP contribution >= 0.6 is 0 Å². The van der Waals surface area contributed by atoms with E-state index < -0.39 is 30.2 Å². The van der Waals surface area contributed by atoms with Crippen LogP contribution in [0.2, 0.25) is 0 Å². The molecule has 0 saturated carbocycles. The van der Waals surface area contributed by atoms with Gasteiger partial charge in [0.2, 0.25) is 6.29 Å². The topological polar surface area (TPSA) is 106 Å². The number of methoxy groups -OCH3 is 2. The van der Waals surface area contributed by atoms with E-state index in [0.717, 1.165) is 11.1 Å². The van der Waals surface area contributed by atoms with Crippen LogP contribution in [0.3, 0.4) is 0 Å². The average molecular weight is 508 g/mol. The van der Waals surface area contributed by atoms with Gasteiger partial charge in [0.1, 0.15) is 29.8 Å². The normalized spacial score (nSPS) is 22.8. The molecule has 0 radical (unpaired) electrons. The third-order valence-corrected chi connectivity index (χ3v) is 6.48. The maximum absolute atomic E-state index is 13.4. The summed E-state index contributed by atoms with van der Waals surface area (Å²) < 4.78 is 22.5. The highest BCUT2D eigenvalue weighted by Crippen LogP contribution is 2.34. The predicted octanol–water partition coefficient (Wildman–Crippen LogP) is 3.54. The lowest BCUT2D eigenvalue weighted by atomic mass is 9.89. The minimum Gasteiger partial charge on any atom is -0.497 e. The number of rotatable bonds is 8. The van der Waals surface area contributed by atoms with Gasteiger partial charge in [-0.15, -0.1) is 0 Å². The first kappa shape index (κ1) is 26.6. The van der Waals surface area contributed by atoms with Crippen molar-refractivity contribution in [3.8, 4) is 22.6 Å². The zero-order chi connectivity index (χ0) is 26.6. The van der Waals surface area contributed by atoms with Crippen LogP contribution in [0.15, 0.2) is 72.8 Å². The molecule has 1 aliphatic heterocycles. The quantitative estimate of drug-likeness (QED) is 0.428. The number of nitrogens with one attached hydrogen (secondary N) is 1. The first-order chi connectivity index (χ1) is 17.7. The number of benzene rings is 3. The van der Waals surface area contributed by atoms with Gasteiger partial charge in [-0.25, -0.2) is 0 Å². The molecule has 3 aromatic rings. The molecule has 1 heterocycles. The highest BCUT2D eigenvalue weighted by Gasteiger charge is 2.50. The molecule has 0 aliphatic carbocycles. The summed E-state index contributed by atoms with van der Waals surface area (Å²) in [5.74, 6) is 0.729. The molecular weight excluding hydrogens is 474 g/mol. The lowest BCUT2D eigenvalue weighted by molar-refractivity contribution is -0.305. The Hall–Kier alpha value is -3.43. The van der Waals surface area contributed by atoms with Crippen molar-refractivity contribution >= 4 is 5.91 Å². The molecule has 4 atom stereocenters. The fourth-order valence-corrected chi connectivity index (χ4v) is 4.52. The zero-order valence-electron chi connectivity index (χ0n) is 21.4. The van der Waals surface area contributed by atoms with Crippen LogP contribution in [-0.4, -0.2) is 60.5 Å². The summed E-state index contributed by atoms with van der Waals surface area (Å²) in [6.07, 6.45) is -4.47. The Morgan fingerprint density at radius 1 is 0.946 bits per heavy atom. The number of hydrogen-bond acceptors (Lipinski definition) is 7. The summed E-state index contributed by atoms with van der Waals surface area (Å²) in [5.41, 5.74) is 1.96. The summed E-state index contributed by atoms with van der Waals surface area (Å²) in [6, 6.07) is 22.1. The Labute approximate surface area is 216 Å². The largest absolute Gasteiger partial charge is 0.497 e. The monoisotopic (exact) mass is 507 g/mol. The van der Waals surface area contributed by atoms with E-state index in [1.54, 1.807) is 39.2 Å². The third kappa shape index (κ3) is 5.94. The molecular formula is C29H33NO7. The third-order valence-electron chi connectivity index (χ3n) is 6.48. The van der Waals surface area contributed by atoms with Crippen LogP contribution in [0, 0.1) is 0 Å². The molecule has 4 rings (SSSR count). The van der Waals surface area contributed by atoms with E-state index in [2.05, 4.69) is 5.32 Å². The second kappa shape index (κ2) is 11.3. The summed E-state index contributed by atoms with van der Waals surface area (Å²) >= 11 is 0. The number of aliphatic hydroxyl groups is 2. The lowest BCUT2D eigenvalue weighted by Crippen LogP contribution is -2.63. The van der Waals surface area contributed by atoms with Crippen molar-refractivity contribution in [2.75, 3.05) is 14.2 Å². The van der Waals surface area contributed by atoms with Gasteiger partial charge in [0.25, 0.3) is 5.91 Å². The van der Waals surface area contributed by atoms with Gasteiger partial charge in [-0.2, -0.15) is 0 Å². The molecule has 3 N–H and O–H groups in total. The van der Waals surface area contributed by atoms with Gasteiger partial charge in [0, 0.05) is 13.7 Å². The molecule has 1 aliphatic rings. The maximum Gasteiger partial charge on any atom is 0.252 e. The van der Waals surface area contributed by atoms with Gasteiger partial charge in [-0.3, -0.25) is 4.79 Å². The van der Waals surface area contributed by atoms with Crippen molar-refractivity contribution in [3.63, 3.8) is 0 Å². The molecule has 8 nitrogen and oxygen atoms in total. The van der Waals surface area contributed by atoms with E-state index in [4.69, 9.17) is 18.9 Å². The van der Waals surface area contributed by atoms with Gasteiger partial charge in [-0.1, -0.05) is 42.5 Å².